The number of carbonyl (C=O) groups excluding carboxylic acids is 1. The van der Waals surface area contributed by atoms with Crippen LogP contribution in [0.5, 0.6) is 0 Å². The topological polar surface area (TPSA) is 66.8 Å². The van der Waals surface area contributed by atoms with Crippen molar-refractivity contribution in [2.75, 3.05) is 13.1 Å². The third-order valence-electron chi connectivity index (χ3n) is 3.81. The van der Waals surface area contributed by atoms with Gasteiger partial charge in [-0.05, 0) is 45.4 Å². The number of nitrogens with zero attached hydrogens (tertiary/aromatic N) is 1. The van der Waals surface area contributed by atoms with Gasteiger partial charge in [0.1, 0.15) is 5.60 Å². The number of piperidine rings is 1. The average molecular weight is 285 g/mol. The summed E-state index contributed by atoms with van der Waals surface area (Å²) in [5, 5.41) is 8.98. The number of ether oxygens (including phenoxy) is 1. The van der Waals surface area contributed by atoms with Crippen LogP contribution in [0.15, 0.2) is 0 Å². The van der Waals surface area contributed by atoms with Gasteiger partial charge in [-0.2, -0.15) is 0 Å². The van der Waals surface area contributed by atoms with Crippen LogP contribution in [0.4, 0.5) is 4.79 Å². The quantitative estimate of drug-likeness (QED) is 0.865. The highest BCUT2D eigenvalue weighted by molar-refractivity contribution is 5.69. The number of hydrogen-bond donors (Lipinski definition) is 1. The number of carbonyl (C=O) groups is 2. The van der Waals surface area contributed by atoms with E-state index in [-0.39, 0.29) is 12.0 Å². The van der Waals surface area contributed by atoms with Crippen LogP contribution in [0.2, 0.25) is 0 Å². The summed E-state index contributed by atoms with van der Waals surface area (Å²) < 4.78 is 5.37. The van der Waals surface area contributed by atoms with Crippen molar-refractivity contribution in [2.24, 2.45) is 17.8 Å². The van der Waals surface area contributed by atoms with E-state index in [1.54, 1.807) is 11.8 Å². The molecule has 0 saturated carbocycles. The first-order valence-corrected chi connectivity index (χ1v) is 7.31. The summed E-state index contributed by atoms with van der Waals surface area (Å²) in [6.45, 7) is 10.7. The normalized spacial score (nSPS) is 25.1. The van der Waals surface area contributed by atoms with Crippen molar-refractivity contribution >= 4 is 12.1 Å². The minimum absolute atomic E-state index is 0.269. The van der Waals surface area contributed by atoms with Gasteiger partial charge in [0.2, 0.25) is 0 Å². The Hall–Kier alpha value is -1.26. The largest absolute Gasteiger partial charge is 0.481 e. The molecule has 1 heterocycles. The van der Waals surface area contributed by atoms with E-state index in [0.29, 0.717) is 31.3 Å². The summed E-state index contributed by atoms with van der Waals surface area (Å²) in [4.78, 5) is 24.7. The summed E-state index contributed by atoms with van der Waals surface area (Å²) >= 11 is 0. The molecule has 0 aromatic carbocycles. The van der Waals surface area contributed by atoms with Crippen LogP contribution in [0, 0.1) is 17.8 Å². The van der Waals surface area contributed by atoms with E-state index < -0.39 is 11.6 Å². The average Bonchev–Trinajstić information content (AvgIpc) is 2.29. The molecule has 5 nitrogen and oxygen atoms in total. The van der Waals surface area contributed by atoms with E-state index in [1.165, 1.54) is 0 Å². The van der Waals surface area contributed by atoms with Gasteiger partial charge in [0, 0.05) is 13.1 Å². The maximum absolute atomic E-state index is 12.0. The van der Waals surface area contributed by atoms with E-state index in [9.17, 15) is 9.59 Å². The SMILES string of the molecule is CC(CC1CCN(C(=O)OC(C)(C)C)CC1C)C(=O)O. The maximum Gasteiger partial charge on any atom is 0.410 e. The van der Waals surface area contributed by atoms with Crippen molar-refractivity contribution in [3.05, 3.63) is 0 Å². The molecule has 1 N–H and O–H groups in total. The molecule has 1 amide bonds. The minimum atomic E-state index is -0.744. The Morgan fingerprint density at radius 3 is 2.45 bits per heavy atom. The van der Waals surface area contributed by atoms with Crippen molar-refractivity contribution in [3.8, 4) is 0 Å². The molecule has 1 rings (SSSR count). The molecule has 0 bridgehead atoms. The molecule has 1 saturated heterocycles. The fraction of sp³-hybridized carbons (Fsp3) is 0.867. The smallest absolute Gasteiger partial charge is 0.410 e. The molecule has 0 aliphatic carbocycles. The second-order valence-electron chi connectivity index (χ2n) is 6.93. The van der Waals surface area contributed by atoms with Crippen molar-refractivity contribution in [1.82, 2.24) is 4.90 Å². The van der Waals surface area contributed by atoms with Crippen LogP contribution in [0.25, 0.3) is 0 Å². The predicted molar refractivity (Wildman–Crippen MR) is 76.5 cm³/mol. The van der Waals surface area contributed by atoms with Gasteiger partial charge >= 0.3 is 12.1 Å². The molecule has 1 aliphatic heterocycles. The fourth-order valence-corrected chi connectivity index (χ4v) is 2.59. The molecule has 116 valence electrons. The van der Waals surface area contributed by atoms with Gasteiger partial charge in [0.15, 0.2) is 0 Å². The van der Waals surface area contributed by atoms with E-state index >= 15 is 0 Å². The number of hydrogen-bond acceptors (Lipinski definition) is 3. The first kappa shape index (κ1) is 16.8. The summed E-state index contributed by atoms with van der Waals surface area (Å²) in [6, 6.07) is 0. The monoisotopic (exact) mass is 285 g/mol. The third-order valence-corrected chi connectivity index (χ3v) is 3.81. The van der Waals surface area contributed by atoms with Crippen molar-refractivity contribution in [2.45, 2.75) is 53.1 Å². The second kappa shape index (κ2) is 6.46. The Morgan fingerprint density at radius 2 is 2.00 bits per heavy atom. The Bertz CT molecular complexity index is 361. The van der Waals surface area contributed by atoms with Gasteiger partial charge in [-0.3, -0.25) is 4.79 Å². The zero-order chi connectivity index (χ0) is 15.5. The Morgan fingerprint density at radius 1 is 1.40 bits per heavy atom. The van der Waals surface area contributed by atoms with E-state index in [4.69, 9.17) is 9.84 Å². The number of amides is 1. The highest BCUT2D eigenvalue weighted by Crippen LogP contribution is 2.29. The molecule has 0 aromatic heterocycles. The molecule has 0 spiro atoms. The van der Waals surface area contributed by atoms with Crippen LogP contribution in [-0.4, -0.2) is 40.8 Å². The van der Waals surface area contributed by atoms with Gasteiger partial charge in [0.25, 0.3) is 0 Å². The zero-order valence-electron chi connectivity index (χ0n) is 13.2. The fourth-order valence-electron chi connectivity index (χ4n) is 2.59. The first-order valence-electron chi connectivity index (χ1n) is 7.31. The second-order valence-corrected chi connectivity index (χ2v) is 6.93. The summed E-state index contributed by atoms with van der Waals surface area (Å²) in [5.41, 5.74) is -0.477. The van der Waals surface area contributed by atoms with Crippen molar-refractivity contribution in [3.63, 3.8) is 0 Å². The molecule has 0 radical (unpaired) electrons. The molecular weight excluding hydrogens is 258 g/mol. The molecule has 20 heavy (non-hydrogen) atoms. The highest BCUT2D eigenvalue weighted by atomic mass is 16.6. The number of carboxylic acid groups (broad SMARTS) is 1. The summed E-state index contributed by atoms with van der Waals surface area (Å²) in [6.07, 6.45) is 1.26. The Balaban J connectivity index is 2.51. The van der Waals surface area contributed by atoms with E-state index in [0.717, 1.165) is 6.42 Å². The maximum atomic E-state index is 12.0. The van der Waals surface area contributed by atoms with Gasteiger partial charge in [-0.1, -0.05) is 13.8 Å². The zero-order valence-corrected chi connectivity index (χ0v) is 13.2. The van der Waals surface area contributed by atoms with Crippen molar-refractivity contribution < 1.29 is 19.4 Å². The van der Waals surface area contributed by atoms with Crippen LogP contribution < -0.4 is 0 Å². The number of rotatable bonds is 3. The van der Waals surface area contributed by atoms with Gasteiger partial charge < -0.3 is 14.7 Å². The first-order chi connectivity index (χ1) is 9.10. The Labute approximate surface area is 121 Å². The number of carboxylic acids is 1. The Kier molecular flexibility index (Phi) is 5.42. The van der Waals surface area contributed by atoms with Gasteiger partial charge in [-0.15, -0.1) is 0 Å². The predicted octanol–water partition coefficient (Wildman–Crippen LogP) is 2.99. The van der Waals surface area contributed by atoms with Crippen LogP contribution >= 0.6 is 0 Å². The standard InChI is InChI=1S/C15H27NO4/c1-10(13(17)18)8-12-6-7-16(9-11(12)2)14(19)20-15(3,4)5/h10-12H,6-9H2,1-5H3,(H,17,18). The van der Waals surface area contributed by atoms with E-state index in [2.05, 4.69) is 6.92 Å². The van der Waals surface area contributed by atoms with E-state index in [1.807, 2.05) is 20.8 Å². The van der Waals surface area contributed by atoms with Crippen LogP contribution in [0.3, 0.4) is 0 Å². The molecular formula is C15H27NO4. The van der Waals surface area contributed by atoms with Crippen molar-refractivity contribution in [1.29, 1.82) is 0 Å². The highest BCUT2D eigenvalue weighted by Gasteiger charge is 2.32. The molecule has 1 fully saturated rings. The number of likely N-dealkylation sites (tertiary alicyclic amines) is 1. The summed E-state index contributed by atoms with van der Waals surface area (Å²) in [7, 11) is 0. The molecule has 1 aliphatic rings. The van der Waals surface area contributed by atoms with Gasteiger partial charge in [-0.25, -0.2) is 4.79 Å². The lowest BCUT2D eigenvalue weighted by Crippen LogP contribution is -2.45. The minimum Gasteiger partial charge on any atom is -0.481 e. The van der Waals surface area contributed by atoms with Gasteiger partial charge in [0.05, 0.1) is 5.92 Å². The number of aliphatic carboxylic acids is 1. The van der Waals surface area contributed by atoms with Crippen LogP contribution in [-0.2, 0) is 9.53 Å². The van der Waals surface area contributed by atoms with Crippen LogP contribution in [0.1, 0.15) is 47.5 Å². The lowest BCUT2D eigenvalue weighted by molar-refractivity contribution is -0.142. The third kappa shape index (κ3) is 5.02. The lowest BCUT2D eigenvalue weighted by Gasteiger charge is -2.38. The summed E-state index contributed by atoms with van der Waals surface area (Å²) in [5.74, 6) is -0.403. The lowest BCUT2D eigenvalue weighted by atomic mass is 9.81. The molecule has 0 aromatic rings. The molecule has 5 heteroatoms. The molecule has 3 atom stereocenters. The molecule has 3 unspecified atom stereocenters.